The number of carboxylic acid groups (broad SMARTS) is 1. The summed E-state index contributed by atoms with van der Waals surface area (Å²) in [4.78, 5) is 39.6. The molecule has 0 aromatic heterocycles. The minimum absolute atomic E-state index is 0.00846. The number of carbonyl (C=O) groups is 2. The zero-order valence-electron chi connectivity index (χ0n) is 23.5. The highest BCUT2D eigenvalue weighted by Crippen LogP contribution is 2.46. The number of hydrogen-bond acceptors (Lipinski definition) is 4. The monoisotopic (exact) mass is 546 g/mol. The number of likely N-dealkylation sites (tertiary alicyclic amines) is 1. The number of hydrogen-bond donors (Lipinski definition) is 2. The van der Waals surface area contributed by atoms with Crippen molar-refractivity contribution in [2.75, 3.05) is 19.7 Å². The van der Waals surface area contributed by atoms with Crippen molar-refractivity contribution in [2.24, 2.45) is 0 Å². The van der Waals surface area contributed by atoms with Crippen LogP contribution in [0.25, 0.3) is 10.8 Å². The maximum atomic E-state index is 13.6. The number of fused-ring (bicyclic) bond motifs is 3. The van der Waals surface area contributed by atoms with Crippen LogP contribution in [0.1, 0.15) is 55.1 Å². The van der Waals surface area contributed by atoms with Crippen LogP contribution in [0.3, 0.4) is 0 Å². The van der Waals surface area contributed by atoms with Crippen molar-refractivity contribution in [3.63, 3.8) is 0 Å². The summed E-state index contributed by atoms with van der Waals surface area (Å²) in [5.74, 6) is 0.864. The first kappa shape index (κ1) is 27.2. The van der Waals surface area contributed by atoms with Crippen LogP contribution in [0.15, 0.2) is 54.6 Å². The second-order valence-electron chi connectivity index (χ2n) is 12.5. The van der Waals surface area contributed by atoms with E-state index in [0.717, 1.165) is 45.7 Å². The summed E-state index contributed by atoms with van der Waals surface area (Å²) in [7, 11) is -2.56. The Kier molecular flexibility index (Phi) is 6.75. The summed E-state index contributed by atoms with van der Waals surface area (Å²) >= 11 is 0. The van der Waals surface area contributed by atoms with E-state index in [0.29, 0.717) is 31.8 Å². The zero-order chi connectivity index (χ0) is 28.2. The van der Waals surface area contributed by atoms with Gasteiger partial charge in [-0.15, -0.1) is 0 Å². The minimum atomic E-state index is -2.56. The Hall–Kier alpha value is -3.36. The molecule has 1 fully saturated rings. The molecule has 5 rings (SSSR count). The van der Waals surface area contributed by atoms with Gasteiger partial charge in [0.05, 0.1) is 6.61 Å². The molecule has 0 aliphatic carbocycles. The van der Waals surface area contributed by atoms with Crippen LogP contribution in [0, 0.1) is 0 Å². The van der Waals surface area contributed by atoms with E-state index in [1.165, 1.54) is 4.90 Å². The third kappa shape index (κ3) is 5.15. The number of benzene rings is 3. The highest BCUT2D eigenvalue weighted by Gasteiger charge is 2.44. The average molecular weight is 547 g/mol. The summed E-state index contributed by atoms with van der Waals surface area (Å²) in [5, 5.41) is 12.7. The largest absolute Gasteiger partial charge is 0.492 e. The third-order valence-electron chi connectivity index (χ3n) is 8.30. The van der Waals surface area contributed by atoms with Crippen LogP contribution >= 0.6 is 0 Å². The highest BCUT2D eigenvalue weighted by molar-refractivity contribution is 6.85. The van der Waals surface area contributed by atoms with Gasteiger partial charge < -0.3 is 19.5 Å². The number of ether oxygens (including phenoxy) is 1. The Morgan fingerprint density at radius 2 is 1.77 bits per heavy atom. The number of nitrogens with zero attached hydrogens (tertiary/aromatic N) is 2. The number of amides is 2. The smallest absolute Gasteiger partial charge is 0.408 e. The van der Waals surface area contributed by atoms with Crippen molar-refractivity contribution in [3.8, 4) is 5.75 Å². The van der Waals surface area contributed by atoms with Gasteiger partial charge in [0.2, 0.25) is 8.32 Å². The van der Waals surface area contributed by atoms with Gasteiger partial charge in [-0.2, -0.15) is 0 Å². The SMILES string of the molecule is CC(C)(C)N(Cc1ccc2c(c1)C1(CCN(C(=O)c3ccc4cccc([Si](C)(C)O)c4c3)CC1)CO2)C(=O)O. The fourth-order valence-corrected chi connectivity index (χ4v) is 7.34. The molecule has 7 nitrogen and oxygen atoms in total. The molecule has 3 aromatic carbocycles. The lowest BCUT2D eigenvalue weighted by Gasteiger charge is -2.39. The van der Waals surface area contributed by atoms with E-state index in [4.69, 9.17) is 4.74 Å². The van der Waals surface area contributed by atoms with Crippen LogP contribution in [-0.4, -0.2) is 65.3 Å². The second-order valence-corrected chi connectivity index (χ2v) is 16.2. The molecule has 2 N–H and O–H groups in total. The molecule has 206 valence electrons. The van der Waals surface area contributed by atoms with Gasteiger partial charge in [0.25, 0.3) is 5.91 Å². The Morgan fingerprint density at radius 1 is 1.05 bits per heavy atom. The highest BCUT2D eigenvalue weighted by atomic mass is 28.4. The Labute approximate surface area is 231 Å². The molecule has 0 saturated carbocycles. The van der Waals surface area contributed by atoms with E-state index in [-0.39, 0.29) is 11.3 Å². The Morgan fingerprint density at radius 3 is 2.41 bits per heavy atom. The molecule has 0 atom stereocenters. The van der Waals surface area contributed by atoms with E-state index < -0.39 is 19.9 Å². The predicted octanol–water partition coefficient (Wildman–Crippen LogP) is 5.09. The van der Waals surface area contributed by atoms with Crippen molar-refractivity contribution in [1.29, 1.82) is 0 Å². The van der Waals surface area contributed by atoms with E-state index in [1.807, 2.05) is 87.3 Å². The fourth-order valence-electron chi connectivity index (χ4n) is 5.96. The first-order valence-corrected chi connectivity index (χ1v) is 16.5. The molecule has 2 aliphatic rings. The summed E-state index contributed by atoms with van der Waals surface area (Å²) < 4.78 is 6.09. The lowest BCUT2D eigenvalue weighted by molar-refractivity contribution is 0.0646. The quantitative estimate of drug-likeness (QED) is 0.445. The molecular weight excluding hydrogens is 508 g/mol. The van der Waals surface area contributed by atoms with Gasteiger partial charge in [0, 0.05) is 41.7 Å². The zero-order valence-corrected chi connectivity index (χ0v) is 24.5. The van der Waals surface area contributed by atoms with Crippen molar-refractivity contribution in [2.45, 2.75) is 64.2 Å². The van der Waals surface area contributed by atoms with Crippen LogP contribution in [0.2, 0.25) is 13.1 Å². The van der Waals surface area contributed by atoms with Crippen LogP contribution in [0.4, 0.5) is 4.79 Å². The fraction of sp³-hybridized carbons (Fsp3) is 0.419. The molecule has 39 heavy (non-hydrogen) atoms. The molecule has 8 heteroatoms. The van der Waals surface area contributed by atoms with Crippen molar-refractivity contribution in [3.05, 3.63) is 71.3 Å². The molecule has 3 aromatic rings. The van der Waals surface area contributed by atoms with Crippen LogP contribution in [-0.2, 0) is 12.0 Å². The first-order valence-electron chi connectivity index (χ1n) is 13.6. The summed E-state index contributed by atoms with van der Waals surface area (Å²) in [5.41, 5.74) is 2.02. The van der Waals surface area contributed by atoms with Gasteiger partial charge in [0.15, 0.2) is 0 Å². The lowest BCUT2D eigenvalue weighted by Crippen LogP contribution is -2.46. The molecule has 0 unspecified atom stereocenters. The van der Waals surface area contributed by atoms with Gasteiger partial charge in [-0.05, 0) is 92.5 Å². The van der Waals surface area contributed by atoms with Gasteiger partial charge >= 0.3 is 6.09 Å². The summed E-state index contributed by atoms with van der Waals surface area (Å²) in [6.45, 7) is 11.6. The summed E-state index contributed by atoms with van der Waals surface area (Å²) in [6.07, 6.45) is 0.630. The van der Waals surface area contributed by atoms with Gasteiger partial charge in [-0.25, -0.2) is 4.79 Å². The van der Waals surface area contributed by atoms with E-state index in [9.17, 15) is 19.5 Å². The van der Waals surface area contributed by atoms with Crippen LogP contribution < -0.4 is 9.92 Å². The normalized spacial score (nSPS) is 16.7. The molecule has 1 saturated heterocycles. The van der Waals surface area contributed by atoms with Crippen molar-refractivity contribution >= 4 is 36.3 Å². The number of rotatable bonds is 4. The standard InChI is InChI=1S/C31H38N2O5Si/c1-30(2,3)33(29(35)36)19-21-9-12-26-25(17-21)31(20-38-26)13-15-32(16-14-31)28(34)23-11-10-22-7-6-8-27(24(22)18-23)39(4,5)37/h6-12,17-18,37H,13-16,19-20H2,1-5H3,(H,35,36). The molecule has 0 bridgehead atoms. The maximum Gasteiger partial charge on any atom is 0.408 e. The summed E-state index contributed by atoms with van der Waals surface area (Å²) in [6, 6.07) is 17.7. The number of piperidine rings is 1. The van der Waals surface area contributed by atoms with E-state index >= 15 is 0 Å². The molecule has 2 amide bonds. The maximum absolute atomic E-state index is 13.6. The van der Waals surface area contributed by atoms with E-state index in [2.05, 4.69) is 6.07 Å². The topological polar surface area (TPSA) is 90.3 Å². The molecular formula is C31H38N2O5Si. The molecule has 2 aliphatic heterocycles. The third-order valence-corrected chi connectivity index (χ3v) is 10.1. The van der Waals surface area contributed by atoms with Crippen LogP contribution in [0.5, 0.6) is 5.75 Å². The van der Waals surface area contributed by atoms with E-state index in [1.54, 1.807) is 0 Å². The molecule has 0 radical (unpaired) electrons. The lowest BCUT2D eigenvalue weighted by atomic mass is 9.74. The minimum Gasteiger partial charge on any atom is -0.492 e. The Balaban J connectivity index is 1.35. The number of carbonyl (C=O) groups excluding carboxylic acids is 1. The molecule has 2 heterocycles. The molecule has 1 spiro atoms. The average Bonchev–Trinajstić information content (AvgIpc) is 3.22. The Bertz CT molecular complexity index is 1430. The van der Waals surface area contributed by atoms with Crippen molar-refractivity contribution in [1.82, 2.24) is 9.80 Å². The second kappa shape index (κ2) is 9.68. The predicted molar refractivity (Wildman–Crippen MR) is 155 cm³/mol. The first-order chi connectivity index (χ1) is 18.3. The van der Waals surface area contributed by atoms with Gasteiger partial charge in [0.1, 0.15) is 5.75 Å². The van der Waals surface area contributed by atoms with Gasteiger partial charge in [-0.3, -0.25) is 9.69 Å². The van der Waals surface area contributed by atoms with Crippen molar-refractivity contribution < 1.29 is 24.2 Å². The van der Waals surface area contributed by atoms with Gasteiger partial charge in [-0.1, -0.05) is 30.3 Å².